The first-order chi connectivity index (χ1) is 9.58. The van der Waals surface area contributed by atoms with Crippen LogP contribution in [-0.4, -0.2) is 23.5 Å². The Kier molecular flexibility index (Phi) is 4.92. The highest BCUT2D eigenvalue weighted by Gasteiger charge is 2.10. The molecule has 1 heterocycles. The lowest BCUT2D eigenvalue weighted by molar-refractivity contribution is 0.0696. The molecule has 20 heavy (non-hydrogen) atoms. The van der Waals surface area contributed by atoms with Gasteiger partial charge < -0.3 is 10.4 Å². The van der Waals surface area contributed by atoms with E-state index in [1.807, 2.05) is 17.5 Å². The molecule has 0 fully saturated rings. The van der Waals surface area contributed by atoms with Crippen LogP contribution in [0.3, 0.4) is 0 Å². The van der Waals surface area contributed by atoms with E-state index in [1.165, 1.54) is 11.3 Å². The number of rotatable bonds is 5. The van der Waals surface area contributed by atoms with Gasteiger partial charge in [0.25, 0.3) is 5.91 Å². The molecule has 104 valence electrons. The van der Waals surface area contributed by atoms with E-state index in [1.54, 1.807) is 18.2 Å². The van der Waals surface area contributed by atoms with Crippen molar-refractivity contribution < 1.29 is 14.7 Å². The standard InChI is InChI=1S/C14H12BrNO3S/c15-11-5-7-20-12(11)13(17)16-6-4-9-2-1-3-10(8-9)14(18)19/h1-3,5,7-8H,4,6H2,(H,16,17)(H,18,19). The van der Waals surface area contributed by atoms with Crippen LogP contribution in [0.25, 0.3) is 0 Å². The van der Waals surface area contributed by atoms with E-state index in [-0.39, 0.29) is 11.5 Å². The molecule has 0 unspecified atom stereocenters. The monoisotopic (exact) mass is 353 g/mol. The van der Waals surface area contributed by atoms with Crippen LogP contribution in [0.15, 0.2) is 40.2 Å². The summed E-state index contributed by atoms with van der Waals surface area (Å²) < 4.78 is 0.785. The fourth-order valence-corrected chi connectivity index (χ4v) is 3.18. The second-order valence-corrected chi connectivity index (χ2v) is 5.88. The molecular weight excluding hydrogens is 342 g/mol. The first kappa shape index (κ1) is 14.7. The molecule has 6 heteroatoms. The summed E-state index contributed by atoms with van der Waals surface area (Å²) in [6, 6.07) is 8.55. The zero-order chi connectivity index (χ0) is 14.5. The van der Waals surface area contributed by atoms with Crippen LogP contribution in [-0.2, 0) is 6.42 Å². The third kappa shape index (κ3) is 3.68. The van der Waals surface area contributed by atoms with Gasteiger partial charge in [0.15, 0.2) is 0 Å². The number of benzene rings is 1. The number of nitrogens with one attached hydrogen (secondary N) is 1. The molecule has 0 radical (unpaired) electrons. The van der Waals surface area contributed by atoms with Gasteiger partial charge in [0.1, 0.15) is 4.88 Å². The van der Waals surface area contributed by atoms with Crippen LogP contribution in [0.1, 0.15) is 25.6 Å². The third-order valence-corrected chi connectivity index (χ3v) is 4.53. The fraction of sp³-hybridized carbons (Fsp3) is 0.143. The van der Waals surface area contributed by atoms with Crippen molar-refractivity contribution in [3.8, 4) is 0 Å². The fourth-order valence-electron chi connectivity index (χ4n) is 1.72. The molecule has 1 aromatic carbocycles. The molecule has 2 N–H and O–H groups in total. The molecule has 1 amide bonds. The molecular formula is C14H12BrNO3S. The number of hydrogen-bond donors (Lipinski definition) is 2. The first-order valence-electron chi connectivity index (χ1n) is 5.91. The largest absolute Gasteiger partial charge is 0.478 e. The molecule has 0 bridgehead atoms. The Balaban J connectivity index is 1.90. The Labute approximate surface area is 128 Å². The molecule has 1 aromatic heterocycles. The van der Waals surface area contributed by atoms with Crippen molar-refractivity contribution >= 4 is 39.1 Å². The summed E-state index contributed by atoms with van der Waals surface area (Å²) in [4.78, 5) is 23.4. The number of carbonyl (C=O) groups is 2. The van der Waals surface area contributed by atoms with Crippen molar-refractivity contribution in [2.24, 2.45) is 0 Å². The van der Waals surface area contributed by atoms with Crippen molar-refractivity contribution in [3.05, 3.63) is 56.2 Å². The van der Waals surface area contributed by atoms with Crippen LogP contribution in [0.5, 0.6) is 0 Å². The van der Waals surface area contributed by atoms with Crippen molar-refractivity contribution in [2.45, 2.75) is 6.42 Å². The summed E-state index contributed by atoms with van der Waals surface area (Å²) in [5.41, 5.74) is 1.14. The normalized spacial score (nSPS) is 10.2. The highest BCUT2D eigenvalue weighted by molar-refractivity contribution is 9.10. The van der Waals surface area contributed by atoms with Gasteiger partial charge >= 0.3 is 5.97 Å². The van der Waals surface area contributed by atoms with Gasteiger partial charge in [-0.1, -0.05) is 12.1 Å². The van der Waals surface area contributed by atoms with Crippen LogP contribution in [0, 0.1) is 0 Å². The minimum absolute atomic E-state index is 0.124. The molecule has 0 spiro atoms. The number of hydrogen-bond acceptors (Lipinski definition) is 3. The summed E-state index contributed by atoms with van der Waals surface area (Å²) in [6.45, 7) is 0.465. The number of amides is 1. The van der Waals surface area contributed by atoms with Crippen LogP contribution in [0.4, 0.5) is 0 Å². The Hall–Kier alpha value is -1.66. The minimum Gasteiger partial charge on any atom is -0.478 e. The van der Waals surface area contributed by atoms with E-state index >= 15 is 0 Å². The summed E-state index contributed by atoms with van der Waals surface area (Å²) in [7, 11) is 0. The van der Waals surface area contributed by atoms with Gasteiger partial charge in [0, 0.05) is 11.0 Å². The second-order valence-electron chi connectivity index (χ2n) is 4.11. The highest BCUT2D eigenvalue weighted by atomic mass is 79.9. The third-order valence-electron chi connectivity index (χ3n) is 2.70. The van der Waals surface area contributed by atoms with E-state index in [4.69, 9.17) is 5.11 Å². The SMILES string of the molecule is O=C(O)c1cccc(CCNC(=O)c2sccc2Br)c1. The minimum atomic E-state index is -0.946. The number of aromatic carboxylic acids is 1. The van der Waals surface area contributed by atoms with E-state index < -0.39 is 5.97 Å². The number of halogens is 1. The predicted molar refractivity (Wildman–Crippen MR) is 81.5 cm³/mol. The van der Waals surface area contributed by atoms with Crippen molar-refractivity contribution in [1.29, 1.82) is 0 Å². The summed E-state index contributed by atoms with van der Waals surface area (Å²) in [6.07, 6.45) is 0.593. The van der Waals surface area contributed by atoms with E-state index in [0.717, 1.165) is 10.0 Å². The maximum absolute atomic E-state index is 11.9. The number of thiophene rings is 1. The van der Waals surface area contributed by atoms with Gasteiger partial charge in [0.2, 0.25) is 0 Å². The topological polar surface area (TPSA) is 66.4 Å². The van der Waals surface area contributed by atoms with Crippen molar-refractivity contribution in [1.82, 2.24) is 5.32 Å². The zero-order valence-electron chi connectivity index (χ0n) is 10.4. The van der Waals surface area contributed by atoms with E-state index in [0.29, 0.717) is 17.8 Å². The zero-order valence-corrected chi connectivity index (χ0v) is 12.8. The lowest BCUT2D eigenvalue weighted by Crippen LogP contribution is -2.25. The summed E-state index contributed by atoms with van der Waals surface area (Å²) in [5.74, 6) is -1.07. The van der Waals surface area contributed by atoms with Crippen LogP contribution in [0.2, 0.25) is 0 Å². The Morgan fingerprint density at radius 1 is 1.30 bits per heavy atom. The van der Waals surface area contributed by atoms with Gasteiger partial charge in [-0.25, -0.2) is 4.79 Å². The Morgan fingerprint density at radius 2 is 2.10 bits per heavy atom. The van der Waals surface area contributed by atoms with E-state index in [9.17, 15) is 9.59 Å². The Bertz CT molecular complexity index is 639. The van der Waals surface area contributed by atoms with Gasteiger partial charge in [-0.15, -0.1) is 11.3 Å². The lowest BCUT2D eigenvalue weighted by atomic mass is 10.1. The second kappa shape index (κ2) is 6.67. The smallest absolute Gasteiger partial charge is 0.335 e. The Morgan fingerprint density at radius 3 is 2.75 bits per heavy atom. The molecule has 0 saturated heterocycles. The van der Waals surface area contributed by atoms with Gasteiger partial charge in [0.05, 0.1) is 5.56 Å². The molecule has 2 rings (SSSR count). The van der Waals surface area contributed by atoms with Crippen LogP contribution >= 0.6 is 27.3 Å². The average molecular weight is 354 g/mol. The number of carbonyl (C=O) groups excluding carboxylic acids is 1. The number of carboxylic acid groups (broad SMARTS) is 1. The molecule has 0 saturated carbocycles. The maximum atomic E-state index is 11.9. The lowest BCUT2D eigenvalue weighted by Gasteiger charge is -2.05. The van der Waals surface area contributed by atoms with Crippen molar-refractivity contribution in [3.63, 3.8) is 0 Å². The van der Waals surface area contributed by atoms with Gasteiger partial charge in [-0.2, -0.15) is 0 Å². The first-order valence-corrected chi connectivity index (χ1v) is 7.58. The maximum Gasteiger partial charge on any atom is 0.335 e. The summed E-state index contributed by atoms with van der Waals surface area (Å²) >= 11 is 4.69. The van der Waals surface area contributed by atoms with Crippen LogP contribution < -0.4 is 5.32 Å². The molecule has 2 aromatic rings. The molecule has 4 nitrogen and oxygen atoms in total. The van der Waals surface area contributed by atoms with Gasteiger partial charge in [-0.05, 0) is 51.5 Å². The molecule has 0 aliphatic carbocycles. The van der Waals surface area contributed by atoms with Crippen molar-refractivity contribution in [2.75, 3.05) is 6.54 Å². The average Bonchev–Trinajstić information content (AvgIpc) is 2.85. The highest BCUT2D eigenvalue weighted by Crippen LogP contribution is 2.22. The quantitative estimate of drug-likeness (QED) is 0.867. The number of carboxylic acids is 1. The molecule has 0 aliphatic rings. The van der Waals surface area contributed by atoms with Gasteiger partial charge in [-0.3, -0.25) is 4.79 Å². The summed E-state index contributed by atoms with van der Waals surface area (Å²) in [5, 5.41) is 13.6. The predicted octanol–water partition coefficient (Wildman–Crippen LogP) is 3.18. The van der Waals surface area contributed by atoms with E-state index in [2.05, 4.69) is 21.2 Å². The molecule has 0 aliphatic heterocycles. The molecule has 0 atom stereocenters.